The van der Waals surface area contributed by atoms with Gasteiger partial charge < -0.3 is 23.8 Å². The van der Waals surface area contributed by atoms with E-state index < -0.39 is 17.0 Å². The van der Waals surface area contributed by atoms with Gasteiger partial charge in [-0.25, -0.2) is 4.39 Å². The highest BCUT2D eigenvalue weighted by Gasteiger charge is 2.42. The van der Waals surface area contributed by atoms with Crippen molar-refractivity contribution >= 4 is 34.4 Å². The molecule has 2 aliphatic heterocycles. The van der Waals surface area contributed by atoms with Crippen molar-refractivity contribution in [2.45, 2.75) is 44.7 Å². The molecule has 1 aromatic heterocycles. The molecule has 9 heteroatoms. The predicted octanol–water partition coefficient (Wildman–Crippen LogP) is 4.84. The minimum absolute atomic E-state index is 0.00680. The lowest BCUT2D eigenvalue weighted by molar-refractivity contribution is -0.132. The Hall–Kier alpha value is -4.14. The number of ether oxygens (including phenoxy) is 2. The molecule has 2 unspecified atom stereocenters. The fourth-order valence-electron chi connectivity index (χ4n) is 6.48. The molecule has 0 radical (unpaired) electrons. The van der Waals surface area contributed by atoms with Crippen molar-refractivity contribution in [2.24, 2.45) is 5.92 Å². The first-order valence-corrected chi connectivity index (χ1v) is 14.1. The van der Waals surface area contributed by atoms with E-state index in [1.807, 2.05) is 26.5 Å². The minimum Gasteiger partial charge on any atom is -0.497 e. The Labute approximate surface area is 237 Å². The highest BCUT2D eigenvalue weighted by Crippen LogP contribution is 2.45. The number of piperidine rings is 1. The van der Waals surface area contributed by atoms with E-state index in [0.717, 1.165) is 31.2 Å². The van der Waals surface area contributed by atoms with Crippen LogP contribution in [0.2, 0.25) is 0 Å². The highest BCUT2D eigenvalue weighted by atomic mass is 19.1. The number of nitrogens with zero attached hydrogens (tertiary/aromatic N) is 3. The van der Waals surface area contributed by atoms with Crippen LogP contribution in [0.3, 0.4) is 0 Å². The molecule has 6 rings (SSSR count). The zero-order valence-electron chi connectivity index (χ0n) is 23.6. The first-order valence-electron chi connectivity index (χ1n) is 14.1. The Morgan fingerprint density at radius 3 is 2.46 bits per heavy atom. The molecule has 1 amide bonds. The lowest BCUT2D eigenvalue weighted by Crippen LogP contribution is -2.47. The summed E-state index contributed by atoms with van der Waals surface area (Å²) in [5.41, 5.74) is 1.07. The fourth-order valence-corrected chi connectivity index (χ4v) is 6.48. The van der Waals surface area contributed by atoms with Crippen molar-refractivity contribution in [3.8, 4) is 11.5 Å². The summed E-state index contributed by atoms with van der Waals surface area (Å²) in [6.07, 6.45) is 8.32. The van der Waals surface area contributed by atoms with Crippen LogP contribution in [0, 0.1) is 11.7 Å². The van der Waals surface area contributed by atoms with Gasteiger partial charge >= 0.3 is 0 Å². The second kappa shape index (κ2) is 10.7. The number of carbonyl (C=O) groups is 2. The Bertz CT molecular complexity index is 1610. The monoisotopic (exact) mass is 559 g/mol. The maximum absolute atomic E-state index is 16.0. The molecule has 3 aliphatic rings. The number of allylic oxidation sites excluding steroid dienone is 1. The van der Waals surface area contributed by atoms with Gasteiger partial charge in [-0.1, -0.05) is 18.2 Å². The third-order valence-electron chi connectivity index (χ3n) is 8.65. The second-order valence-corrected chi connectivity index (χ2v) is 11.2. The number of likely N-dealkylation sites (tertiary alicyclic amines) is 1. The lowest BCUT2D eigenvalue weighted by atomic mass is 9.92. The van der Waals surface area contributed by atoms with Crippen LogP contribution in [-0.4, -0.2) is 61.1 Å². The molecule has 2 atom stereocenters. The average Bonchev–Trinajstić information content (AvgIpc) is 3.73. The molecule has 3 fully saturated rings. The summed E-state index contributed by atoms with van der Waals surface area (Å²) in [5, 5.41) is 0.126. The summed E-state index contributed by atoms with van der Waals surface area (Å²) < 4.78 is 28.9. The number of carbonyl (C=O) groups excluding carboxylic acids is 2. The van der Waals surface area contributed by atoms with Crippen LogP contribution in [0.5, 0.6) is 11.5 Å². The number of benzene rings is 2. The minimum atomic E-state index is -0.569. The van der Waals surface area contributed by atoms with Crippen LogP contribution >= 0.6 is 0 Å². The first-order chi connectivity index (χ1) is 19.8. The molecule has 3 heterocycles. The predicted molar refractivity (Wildman–Crippen MR) is 155 cm³/mol. The normalized spacial score (nSPS) is 20.5. The molecule has 8 nitrogen and oxygen atoms in total. The number of rotatable bonds is 7. The smallest absolute Gasteiger partial charge is 0.219 e. The van der Waals surface area contributed by atoms with E-state index in [1.54, 1.807) is 38.4 Å². The number of methoxy groups -OCH3 is 2. The quantitative estimate of drug-likeness (QED) is 0.305. The molecule has 41 heavy (non-hydrogen) atoms. The average molecular weight is 560 g/mol. The maximum atomic E-state index is 16.0. The Morgan fingerprint density at radius 1 is 1.05 bits per heavy atom. The molecule has 0 spiro atoms. The summed E-state index contributed by atoms with van der Waals surface area (Å²) in [6, 6.07) is 8.58. The number of amides is 1. The third-order valence-corrected chi connectivity index (χ3v) is 8.65. The number of fused-ring (bicyclic) bond motifs is 2. The summed E-state index contributed by atoms with van der Waals surface area (Å²) in [4.78, 5) is 43.1. The summed E-state index contributed by atoms with van der Waals surface area (Å²) in [7, 11) is 3.07. The van der Waals surface area contributed by atoms with Crippen molar-refractivity contribution < 1.29 is 23.5 Å². The third kappa shape index (κ3) is 4.87. The number of halogens is 1. The standard InChI is InChI=1S/C32H34FN3O5/c1-19(37)35-14-4-5-21-16-34(18-27(21)35)30-26(33)15-24-29(32(30)41-3)36(22-9-10-22)17-25(31(24)39)28(38)13-8-20-6-11-23(40-2)12-7-20/h6-8,11-13,15,17,21-22,27H,4-5,9-10,14,16,18H2,1-3H3/b13-8+. The van der Waals surface area contributed by atoms with Gasteiger partial charge in [0, 0.05) is 38.8 Å². The van der Waals surface area contributed by atoms with Crippen molar-refractivity contribution in [3.63, 3.8) is 0 Å². The van der Waals surface area contributed by atoms with Gasteiger partial charge in [0.25, 0.3) is 0 Å². The first kappa shape index (κ1) is 27.1. The van der Waals surface area contributed by atoms with Crippen molar-refractivity contribution in [3.05, 3.63) is 69.8 Å². The highest BCUT2D eigenvalue weighted by molar-refractivity contribution is 6.08. The molecular weight excluding hydrogens is 525 g/mol. The van der Waals surface area contributed by atoms with Gasteiger partial charge in [-0.3, -0.25) is 14.4 Å². The van der Waals surface area contributed by atoms with Gasteiger partial charge in [-0.2, -0.15) is 0 Å². The Morgan fingerprint density at radius 2 is 1.80 bits per heavy atom. The van der Waals surface area contributed by atoms with Crippen LogP contribution in [0.15, 0.2) is 47.4 Å². The van der Waals surface area contributed by atoms with Crippen LogP contribution in [0.1, 0.15) is 54.6 Å². The molecule has 3 aromatic rings. The number of hydrogen-bond donors (Lipinski definition) is 0. The molecular formula is C32H34FN3O5. The molecule has 1 saturated carbocycles. The number of aromatic nitrogens is 1. The summed E-state index contributed by atoms with van der Waals surface area (Å²) in [5.74, 6) is 0.266. The molecule has 1 aliphatic carbocycles. The van der Waals surface area contributed by atoms with E-state index in [1.165, 1.54) is 19.3 Å². The largest absolute Gasteiger partial charge is 0.497 e. The van der Waals surface area contributed by atoms with E-state index in [2.05, 4.69) is 0 Å². The number of anilines is 1. The van der Waals surface area contributed by atoms with Gasteiger partial charge in [0.15, 0.2) is 17.3 Å². The number of pyridine rings is 1. The van der Waals surface area contributed by atoms with E-state index >= 15 is 4.39 Å². The van der Waals surface area contributed by atoms with E-state index in [-0.39, 0.29) is 34.9 Å². The van der Waals surface area contributed by atoms with E-state index in [9.17, 15) is 14.4 Å². The van der Waals surface area contributed by atoms with Gasteiger partial charge in [0.1, 0.15) is 11.4 Å². The molecule has 0 bridgehead atoms. The van der Waals surface area contributed by atoms with E-state index in [0.29, 0.717) is 42.3 Å². The zero-order valence-corrected chi connectivity index (χ0v) is 23.6. The number of ketones is 1. The maximum Gasteiger partial charge on any atom is 0.219 e. The molecule has 2 aromatic carbocycles. The fraction of sp³-hybridized carbons (Fsp3) is 0.406. The second-order valence-electron chi connectivity index (χ2n) is 11.2. The van der Waals surface area contributed by atoms with Crippen molar-refractivity contribution in [2.75, 3.05) is 38.8 Å². The van der Waals surface area contributed by atoms with Crippen molar-refractivity contribution in [1.29, 1.82) is 0 Å². The summed E-state index contributed by atoms with van der Waals surface area (Å²) in [6.45, 7) is 3.41. The van der Waals surface area contributed by atoms with Gasteiger partial charge in [0.2, 0.25) is 11.3 Å². The topological polar surface area (TPSA) is 81.1 Å². The zero-order chi connectivity index (χ0) is 28.8. The SMILES string of the molecule is COc1ccc(/C=C/C(=O)c2cn(C3CC3)c3c(OC)c(N4CC5CCCN(C(C)=O)C5C4)c(F)cc3c2=O)cc1. The lowest BCUT2D eigenvalue weighted by Gasteiger charge is -2.36. The molecule has 214 valence electrons. The Kier molecular flexibility index (Phi) is 7.05. The van der Waals surface area contributed by atoms with Gasteiger partial charge in [0.05, 0.1) is 36.7 Å². The summed E-state index contributed by atoms with van der Waals surface area (Å²) >= 11 is 0. The van der Waals surface area contributed by atoms with E-state index in [4.69, 9.17) is 9.47 Å². The van der Waals surface area contributed by atoms with Crippen LogP contribution in [0.4, 0.5) is 10.1 Å². The van der Waals surface area contributed by atoms with Crippen LogP contribution in [0.25, 0.3) is 17.0 Å². The van der Waals surface area contributed by atoms with Crippen LogP contribution in [-0.2, 0) is 4.79 Å². The molecule has 0 N–H and O–H groups in total. The number of hydrogen-bond acceptors (Lipinski definition) is 6. The Balaban J connectivity index is 1.41. The van der Waals surface area contributed by atoms with Gasteiger partial charge in [-0.15, -0.1) is 0 Å². The van der Waals surface area contributed by atoms with Crippen LogP contribution < -0.4 is 19.8 Å². The van der Waals surface area contributed by atoms with Crippen molar-refractivity contribution in [1.82, 2.24) is 9.47 Å². The molecule has 2 saturated heterocycles. The van der Waals surface area contributed by atoms with Gasteiger partial charge in [-0.05, 0) is 61.4 Å².